The lowest BCUT2D eigenvalue weighted by Crippen LogP contribution is -2.13. The lowest BCUT2D eigenvalue weighted by Gasteiger charge is -2.11. The fraction of sp³-hybridized carbons (Fsp3) is 0.467. The number of hydrogen-bond acceptors (Lipinski definition) is 3. The van der Waals surface area contributed by atoms with Gasteiger partial charge in [0.2, 0.25) is 0 Å². The molecule has 0 fully saturated rings. The minimum Gasteiger partial charge on any atom is -0.493 e. The van der Waals surface area contributed by atoms with Gasteiger partial charge in [-0.05, 0) is 43.0 Å². The first-order valence-electron chi connectivity index (χ1n) is 6.31. The smallest absolute Gasteiger partial charge is 0.139 e. The summed E-state index contributed by atoms with van der Waals surface area (Å²) < 4.78 is 5.68. The van der Waals surface area contributed by atoms with E-state index in [9.17, 15) is 4.79 Å². The highest BCUT2D eigenvalue weighted by Gasteiger charge is 2.18. The Morgan fingerprint density at radius 1 is 1.39 bits per heavy atom. The van der Waals surface area contributed by atoms with Crippen LogP contribution >= 0.6 is 0 Å². The molecule has 0 saturated heterocycles. The van der Waals surface area contributed by atoms with Crippen molar-refractivity contribution in [2.45, 2.75) is 33.1 Å². The summed E-state index contributed by atoms with van der Waals surface area (Å²) in [6.07, 6.45) is 2.08. The zero-order valence-electron chi connectivity index (χ0n) is 10.8. The molecule has 0 aliphatic carbocycles. The monoisotopic (exact) mass is 243 g/mol. The molecule has 1 aromatic carbocycles. The van der Waals surface area contributed by atoms with Crippen LogP contribution in [0.1, 0.15) is 36.5 Å². The van der Waals surface area contributed by atoms with E-state index < -0.39 is 0 Å². The van der Waals surface area contributed by atoms with Crippen molar-refractivity contribution in [1.82, 2.24) is 0 Å². The number of carbonyl (C=O) groups is 1. The molecule has 3 nitrogen and oxygen atoms in total. The van der Waals surface area contributed by atoms with Crippen molar-refractivity contribution in [2.24, 2.45) is 5.92 Å². The van der Waals surface area contributed by atoms with E-state index in [1.165, 1.54) is 0 Å². The third-order valence-electron chi connectivity index (χ3n) is 3.53. The van der Waals surface area contributed by atoms with E-state index in [4.69, 9.17) is 10.00 Å². The van der Waals surface area contributed by atoms with Gasteiger partial charge in [0.05, 0.1) is 18.2 Å². The Morgan fingerprint density at radius 2 is 2.17 bits per heavy atom. The molecule has 18 heavy (non-hydrogen) atoms. The van der Waals surface area contributed by atoms with E-state index in [-0.39, 0.29) is 11.7 Å². The highest BCUT2D eigenvalue weighted by Crippen LogP contribution is 2.27. The van der Waals surface area contributed by atoms with E-state index >= 15 is 0 Å². The molecule has 0 aromatic heterocycles. The van der Waals surface area contributed by atoms with Gasteiger partial charge >= 0.3 is 0 Å². The number of nitrogens with zero attached hydrogens (tertiary/aromatic N) is 1. The van der Waals surface area contributed by atoms with Crippen LogP contribution in [0.5, 0.6) is 5.75 Å². The van der Waals surface area contributed by atoms with Gasteiger partial charge in [-0.15, -0.1) is 0 Å². The third kappa shape index (κ3) is 2.53. The average Bonchev–Trinajstić information content (AvgIpc) is 2.42. The van der Waals surface area contributed by atoms with E-state index in [1.54, 1.807) is 0 Å². The second kappa shape index (κ2) is 5.22. The highest BCUT2D eigenvalue weighted by molar-refractivity contribution is 5.80. The molecule has 1 atom stereocenters. The second-order valence-corrected chi connectivity index (χ2v) is 4.89. The summed E-state index contributed by atoms with van der Waals surface area (Å²) in [4.78, 5) is 11.7. The van der Waals surface area contributed by atoms with Crippen LogP contribution in [0.2, 0.25) is 0 Å². The Labute approximate surface area is 107 Å². The fourth-order valence-electron chi connectivity index (χ4n) is 2.22. The van der Waals surface area contributed by atoms with Crippen molar-refractivity contribution in [1.29, 1.82) is 5.26 Å². The number of rotatable bonds is 0. The van der Waals surface area contributed by atoms with Gasteiger partial charge in [0.1, 0.15) is 11.5 Å². The first-order chi connectivity index (χ1) is 8.61. The number of Topliss-reactive ketones (excluding diaryl/α,β-unsaturated/α-hetero) is 1. The molecule has 0 N–H and O–H groups in total. The molecular weight excluding hydrogens is 226 g/mol. The predicted molar refractivity (Wildman–Crippen MR) is 68.5 cm³/mol. The molecule has 0 amide bonds. The maximum absolute atomic E-state index is 11.7. The van der Waals surface area contributed by atoms with Crippen LogP contribution in [0.25, 0.3) is 0 Å². The Morgan fingerprint density at radius 3 is 2.89 bits per heavy atom. The summed E-state index contributed by atoms with van der Waals surface area (Å²) >= 11 is 0. The highest BCUT2D eigenvalue weighted by atomic mass is 16.5. The van der Waals surface area contributed by atoms with Crippen LogP contribution in [-0.4, -0.2) is 12.4 Å². The standard InChI is InChI=1S/C15H17NO2/c1-10-3-4-12-8-13(9-16)11(2)7-15(12)18-6-5-14(10)17/h7-8,10H,3-6H2,1-2H3. The van der Waals surface area contributed by atoms with Crippen LogP contribution in [0, 0.1) is 24.2 Å². The number of nitriles is 1. The van der Waals surface area contributed by atoms with E-state index in [0.29, 0.717) is 18.6 Å². The molecule has 2 rings (SSSR count). The summed E-state index contributed by atoms with van der Waals surface area (Å²) in [7, 11) is 0. The molecule has 0 saturated carbocycles. The number of ether oxygens (including phenoxy) is 1. The van der Waals surface area contributed by atoms with Crippen molar-refractivity contribution < 1.29 is 9.53 Å². The summed E-state index contributed by atoms with van der Waals surface area (Å²) in [5.41, 5.74) is 2.66. The second-order valence-electron chi connectivity index (χ2n) is 4.89. The summed E-state index contributed by atoms with van der Waals surface area (Å²) in [6, 6.07) is 6.00. The largest absolute Gasteiger partial charge is 0.493 e. The normalized spacial score (nSPS) is 19.8. The van der Waals surface area contributed by atoms with Crippen molar-refractivity contribution in [3.05, 3.63) is 28.8 Å². The van der Waals surface area contributed by atoms with Crippen molar-refractivity contribution >= 4 is 5.78 Å². The van der Waals surface area contributed by atoms with Crippen LogP contribution in [0.4, 0.5) is 0 Å². The van der Waals surface area contributed by atoms with Gasteiger partial charge in [0, 0.05) is 12.3 Å². The van der Waals surface area contributed by atoms with Crippen molar-refractivity contribution in [3.8, 4) is 11.8 Å². The van der Waals surface area contributed by atoms with Crippen molar-refractivity contribution in [3.63, 3.8) is 0 Å². The predicted octanol–water partition coefficient (Wildman–Crippen LogP) is 2.79. The maximum Gasteiger partial charge on any atom is 0.139 e. The third-order valence-corrected chi connectivity index (χ3v) is 3.53. The summed E-state index contributed by atoms with van der Waals surface area (Å²) in [5.74, 6) is 1.17. The molecule has 0 bridgehead atoms. The zero-order valence-corrected chi connectivity index (χ0v) is 10.8. The molecule has 1 aliphatic rings. The number of benzene rings is 1. The van der Waals surface area contributed by atoms with Gasteiger partial charge in [-0.1, -0.05) is 6.92 Å². The van der Waals surface area contributed by atoms with Crippen LogP contribution in [0.15, 0.2) is 12.1 Å². The van der Waals surface area contributed by atoms with Gasteiger partial charge in [-0.2, -0.15) is 5.26 Å². The number of ketones is 1. The van der Waals surface area contributed by atoms with Crippen LogP contribution < -0.4 is 4.74 Å². The molecule has 1 aliphatic heterocycles. The number of hydrogen-bond donors (Lipinski definition) is 0. The molecule has 1 heterocycles. The quantitative estimate of drug-likeness (QED) is 0.704. The molecule has 94 valence electrons. The first kappa shape index (κ1) is 12.6. The number of carbonyl (C=O) groups excluding carboxylic acids is 1. The minimum atomic E-state index is 0.0754. The topological polar surface area (TPSA) is 50.1 Å². The van der Waals surface area contributed by atoms with Gasteiger partial charge in [0.25, 0.3) is 0 Å². The molecule has 3 heteroatoms. The van der Waals surface area contributed by atoms with Crippen molar-refractivity contribution in [2.75, 3.05) is 6.61 Å². The average molecular weight is 243 g/mol. The van der Waals surface area contributed by atoms with Crippen LogP contribution in [-0.2, 0) is 11.2 Å². The van der Waals surface area contributed by atoms with E-state index in [0.717, 1.165) is 29.7 Å². The summed E-state index contributed by atoms with van der Waals surface area (Å²) in [5, 5.41) is 9.05. The minimum absolute atomic E-state index is 0.0754. The first-order valence-corrected chi connectivity index (χ1v) is 6.31. The number of fused-ring (bicyclic) bond motifs is 1. The lowest BCUT2D eigenvalue weighted by atomic mass is 9.94. The lowest BCUT2D eigenvalue weighted by molar-refractivity contribution is -0.122. The molecule has 0 radical (unpaired) electrons. The van der Waals surface area contributed by atoms with Gasteiger partial charge in [0.15, 0.2) is 0 Å². The van der Waals surface area contributed by atoms with E-state index in [1.807, 2.05) is 26.0 Å². The molecular formula is C15H17NO2. The van der Waals surface area contributed by atoms with Crippen LogP contribution in [0.3, 0.4) is 0 Å². The molecule has 1 unspecified atom stereocenters. The maximum atomic E-state index is 11.7. The molecule has 1 aromatic rings. The van der Waals surface area contributed by atoms with Gasteiger partial charge in [-0.3, -0.25) is 4.79 Å². The fourth-order valence-corrected chi connectivity index (χ4v) is 2.22. The SMILES string of the molecule is Cc1cc2c(cc1C#N)CCC(C)C(=O)CCO2. The zero-order chi connectivity index (χ0) is 13.1. The molecule has 0 spiro atoms. The Bertz CT molecular complexity index is 514. The van der Waals surface area contributed by atoms with Gasteiger partial charge in [-0.25, -0.2) is 0 Å². The van der Waals surface area contributed by atoms with E-state index in [2.05, 4.69) is 6.07 Å². The Balaban J connectivity index is 2.35. The Kier molecular flexibility index (Phi) is 3.66. The summed E-state index contributed by atoms with van der Waals surface area (Å²) in [6.45, 7) is 4.30. The Hall–Kier alpha value is -1.82. The number of aryl methyl sites for hydroxylation is 2. The van der Waals surface area contributed by atoms with Gasteiger partial charge < -0.3 is 4.74 Å².